The molecule has 2 nitrogen and oxygen atoms in total. The normalized spacial score (nSPS) is 23.1. The maximum Gasteiger partial charge on any atom is 0.0294 e. The van der Waals surface area contributed by atoms with Gasteiger partial charge in [-0.15, -0.1) is 0 Å². The molecule has 3 heteroatoms. The van der Waals surface area contributed by atoms with Gasteiger partial charge in [0.25, 0.3) is 0 Å². The minimum atomic E-state index is 0.436. The number of halogens is 1. The van der Waals surface area contributed by atoms with Gasteiger partial charge in [-0.3, -0.25) is 0 Å². The zero-order valence-electron chi connectivity index (χ0n) is 10.4. The van der Waals surface area contributed by atoms with Crippen molar-refractivity contribution in [3.05, 3.63) is 34.3 Å². The van der Waals surface area contributed by atoms with Crippen LogP contribution >= 0.6 is 15.9 Å². The Morgan fingerprint density at radius 2 is 2.00 bits per heavy atom. The number of rotatable bonds is 3. The Hall–Kier alpha value is -0.380. The van der Waals surface area contributed by atoms with E-state index in [1.54, 1.807) is 0 Å². The van der Waals surface area contributed by atoms with E-state index in [2.05, 4.69) is 57.8 Å². The van der Waals surface area contributed by atoms with E-state index < -0.39 is 0 Å². The van der Waals surface area contributed by atoms with Gasteiger partial charge in [0.05, 0.1) is 0 Å². The van der Waals surface area contributed by atoms with Crippen molar-refractivity contribution in [2.24, 2.45) is 0 Å². The first kappa shape index (κ1) is 13.1. The molecular formula is C14H21BrN2. The van der Waals surface area contributed by atoms with E-state index in [0.717, 1.165) is 11.0 Å². The highest BCUT2D eigenvalue weighted by atomic mass is 79.9. The van der Waals surface area contributed by atoms with Crippen LogP contribution in [0.25, 0.3) is 0 Å². The van der Waals surface area contributed by atoms with E-state index >= 15 is 0 Å². The van der Waals surface area contributed by atoms with Crippen LogP contribution in [0.2, 0.25) is 0 Å². The van der Waals surface area contributed by atoms with Gasteiger partial charge >= 0.3 is 0 Å². The number of nitrogens with one attached hydrogen (secondary N) is 2. The van der Waals surface area contributed by atoms with Crippen LogP contribution in [0.4, 0.5) is 0 Å². The third-order valence-electron chi connectivity index (χ3n) is 3.43. The average Bonchev–Trinajstić information content (AvgIpc) is 2.58. The smallest absolute Gasteiger partial charge is 0.0294 e. The summed E-state index contributed by atoms with van der Waals surface area (Å²) >= 11 is 3.47. The zero-order chi connectivity index (χ0) is 12.1. The van der Waals surface area contributed by atoms with Crippen molar-refractivity contribution in [1.82, 2.24) is 10.6 Å². The molecule has 1 aromatic rings. The fourth-order valence-electron chi connectivity index (χ4n) is 2.39. The van der Waals surface area contributed by atoms with Crippen molar-refractivity contribution < 1.29 is 0 Å². The molecule has 0 aliphatic carbocycles. The van der Waals surface area contributed by atoms with E-state index in [1.165, 1.54) is 31.4 Å². The van der Waals surface area contributed by atoms with Gasteiger partial charge in [-0.1, -0.05) is 28.1 Å². The summed E-state index contributed by atoms with van der Waals surface area (Å²) in [6.07, 6.45) is 3.81. The molecule has 0 radical (unpaired) electrons. The average molecular weight is 297 g/mol. The monoisotopic (exact) mass is 296 g/mol. The summed E-state index contributed by atoms with van der Waals surface area (Å²) in [7, 11) is 0. The molecule has 2 atom stereocenters. The molecule has 1 saturated heterocycles. The maximum absolute atomic E-state index is 3.74. The van der Waals surface area contributed by atoms with Gasteiger partial charge in [0, 0.05) is 16.6 Å². The molecular weight excluding hydrogens is 276 g/mol. The predicted octanol–water partition coefficient (Wildman–Crippen LogP) is 3.24. The number of benzene rings is 1. The molecule has 0 amide bonds. The van der Waals surface area contributed by atoms with Gasteiger partial charge in [0.1, 0.15) is 0 Å². The van der Waals surface area contributed by atoms with Crippen LogP contribution in [0.3, 0.4) is 0 Å². The SMILES string of the molecule is CC(NC1CCCNCC1)c1ccc(Br)cc1. The molecule has 2 unspecified atom stereocenters. The van der Waals surface area contributed by atoms with E-state index in [0.29, 0.717) is 12.1 Å². The molecule has 0 saturated carbocycles. The molecule has 1 aliphatic rings. The molecule has 0 spiro atoms. The Bertz CT molecular complexity index is 329. The summed E-state index contributed by atoms with van der Waals surface area (Å²) in [5.41, 5.74) is 1.37. The fourth-order valence-corrected chi connectivity index (χ4v) is 2.65. The predicted molar refractivity (Wildman–Crippen MR) is 76.2 cm³/mol. The number of hydrogen-bond donors (Lipinski definition) is 2. The molecule has 0 bridgehead atoms. The third kappa shape index (κ3) is 4.09. The van der Waals surface area contributed by atoms with E-state index in [9.17, 15) is 0 Å². The molecule has 94 valence electrons. The summed E-state index contributed by atoms with van der Waals surface area (Å²) < 4.78 is 1.15. The van der Waals surface area contributed by atoms with Gasteiger partial charge in [0.2, 0.25) is 0 Å². The molecule has 1 fully saturated rings. The molecule has 2 N–H and O–H groups in total. The van der Waals surface area contributed by atoms with Crippen LogP contribution in [-0.2, 0) is 0 Å². The second-order valence-electron chi connectivity index (χ2n) is 4.82. The third-order valence-corrected chi connectivity index (χ3v) is 3.96. The Morgan fingerprint density at radius 3 is 2.76 bits per heavy atom. The Balaban J connectivity index is 1.91. The lowest BCUT2D eigenvalue weighted by Crippen LogP contribution is -2.32. The fraction of sp³-hybridized carbons (Fsp3) is 0.571. The van der Waals surface area contributed by atoms with Gasteiger partial charge in [-0.25, -0.2) is 0 Å². The minimum absolute atomic E-state index is 0.436. The van der Waals surface area contributed by atoms with Crippen molar-refractivity contribution in [3.63, 3.8) is 0 Å². The molecule has 2 rings (SSSR count). The highest BCUT2D eigenvalue weighted by molar-refractivity contribution is 9.10. The topological polar surface area (TPSA) is 24.1 Å². The zero-order valence-corrected chi connectivity index (χ0v) is 12.0. The standard InChI is InChI=1S/C14H21BrN2/c1-11(12-4-6-13(15)7-5-12)17-14-3-2-9-16-10-8-14/h4-7,11,14,16-17H,2-3,8-10H2,1H3. The summed E-state index contributed by atoms with van der Waals surface area (Å²) in [6, 6.07) is 9.70. The van der Waals surface area contributed by atoms with Crippen LogP contribution in [0.15, 0.2) is 28.7 Å². The van der Waals surface area contributed by atoms with Crippen LogP contribution in [0.5, 0.6) is 0 Å². The number of hydrogen-bond acceptors (Lipinski definition) is 2. The summed E-state index contributed by atoms with van der Waals surface area (Å²) in [5.74, 6) is 0. The van der Waals surface area contributed by atoms with Gasteiger partial charge in [-0.2, -0.15) is 0 Å². The Labute approximate surface area is 112 Å². The highest BCUT2D eigenvalue weighted by Crippen LogP contribution is 2.18. The van der Waals surface area contributed by atoms with Crippen LogP contribution in [-0.4, -0.2) is 19.1 Å². The lowest BCUT2D eigenvalue weighted by molar-refractivity contribution is 0.421. The van der Waals surface area contributed by atoms with Crippen molar-refractivity contribution in [1.29, 1.82) is 0 Å². The summed E-state index contributed by atoms with van der Waals surface area (Å²) in [6.45, 7) is 4.57. The van der Waals surface area contributed by atoms with Crippen LogP contribution in [0.1, 0.15) is 37.8 Å². The van der Waals surface area contributed by atoms with E-state index in [1.807, 2.05) is 0 Å². The second-order valence-corrected chi connectivity index (χ2v) is 5.73. The Kier molecular flexibility index (Phi) is 5.01. The highest BCUT2D eigenvalue weighted by Gasteiger charge is 2.14. The quantitative estimate of drug-likeness (QED) is 0.895. The summed E-state index contributed by atoms with van der Waals surface area (Å²) in [4.78, 5) is 0. The van der Waals surface area contributed by atoms with Crippen molar-refractivity contribution in [2.75, 3.05) is 13.1 Å². The van der Waals surface area contributed by atoms with Gasteiger partial charge < -0.3 is 10.6 Å². The van der Waals surface area contributed by atoms with Crippen LogP contribution < -0.4 is 10.6 Å². The first-order chi connectivity index (χ1) is 8.25. The maximum atomic E-state index is 3.74. The van der Waals surface area contributed by atoms with Crippen molar-refractivity contribution >= 4 is 15.9 Å². The molecule has 17 heavy (non-hydrogen) atoms. The van der Waals surface area contributed by atoms with Crippen LogP contribution in [0, 0.1) is 0 Å². The molecule has 1 aliphatic heterocycles. The largest absolute Gasteiger partial charge is 0.317 e. The van der Waals surface area contributed by atoms with E-state index in [-0.39, 0.29) is 0 Å². The molecule has 0 aromatic heterocycles. The Morgan fingerprint density at radius 1 is 1.24 bits per heavy atom. The van der Waals surface area contributed by atoms with Crippen molar-refractivity contribution in [2.45, 2.75) is 38.3 Å². The lowest BCUT2D eigenvalue weighted by Gasteiger charge is -2.22. The van der Waals surface area contributed by atoms with Gasteiger partial charge in [-0.05, 0) is 57.0 Å². The summed E-state index contributed by atoms with van der Waals surface area (Å²) in [5, 5.41) is 7.19. The minimum Gasteiger partial charge on any atom is -0.317 e. The van der Waals surface area contributed by atoms with Gasteiger partial charge in [0.15, 0.2) is 0 Å². The first-order valence-corrected chi connectivity index (χ1v) is 7.27. The second kappa shape index (κ2) is 6.53. The molecule has 1 heterocycles. The van der Waals surface area contributed by atoms with E-state index in [4.69, 9.17) is 0 Å². The lowest BCUT2D eigenvalue weighted by atomic mass is 10.0. The first-order valence-electron chi connectivity index (χ1n) is 6.48. The molecule has 1 aromatic carbocycles. The van der Waals surface area contributed by atoms with Crippen molar-refractivity contribution in [3.8, 4) is 0 Å².